The summed E-state index contributed by atoms with van der Waals surface area (Å²) in [5.41, 5.74) is 8.15. The number of nitrogens with two attached hydrogens (primary N) is 1. The molecule has 1 aliphatic rings. The normalized spacial score (nSPS) is 18.4. The largest absolute Gasteiger partial charge is 0.373 e. The molecule has 1 fully saturated rings. The molecule has 3 rings (SSSR count). The van der Waals surface area contributed by atoms with Gasteiger partial charge in [-0.3, -0.25) is 14.9 Å². The third-order valence-electron chi connectivity index (χ3n) is 5.00. The van der Waals surface area contributed by atoms with E-state index in [-0.39, 0.29) is 11.6 Å². The molecule has 3 N–H and O–H groups in total. The number of nitrogens with zero attached hydrogens (tertiary/aromatic N) is 3. The van der Waals surface area contributed by atoms with Crippen molar-refractivity contribution < 1.29 is 4.74 Å². The maximum absolute atomic E-state index is 6.13. The highest BCUT2D eigenvalue weighted by molar-refractivity contribution is 6.30. The number of benzene rings is 1. The molecule has 0 bridgehead atoms. The second kappa shape index (κ2) is 10.1. The monoisotopic (exact) mass is 415 g/mol. The van der Waals surface area contributed by atoms with Gasteiger partial charge >= 0.3 is 0 Å². The predicted molar refractivity (Wildman–Crippen MR) is 118 cm³/mol. The van der Waals surface area contributed by atoms with Crippen LogP contribution in [-0.2, 0) is 11.2 Å². The summed E-state index contributed by atoms with van der Waals surface area (Å²) in [6.45, 7) is 7.91. The standard InChI is InChI=1S/C22H30ClN5O/c1-22(2)16-28(13-14-29-22)20(17-6-8-18(23)9-7-17)15-27-21(24)26-12-10-19-5-3-4-11-25-19/h3-9,11,20H,10,12-16H2,1-2H3,(H3,24,26,27). The fraction of sp³-hybridized carbons (Fsp3) is 0.455. The molecule has 0 radical (unpaired) electrons. The van der Waals surface area contributed by atoms with Gasteiger partial charge in [0.1, 0.15) is 0 Å². The zero-order valence-corrected chi connectivity index (χ0v) is 17.9. The van der Waals surface area contributed by atoms with Crippen LogP contribution in [0.1, 0.15) is 31.1 Å². The lowest BCUT2D eigenvalue weighted by molar-refractivity contribution is -0.0967. The summed E-state index contributed by atoms with van der Waals surface area (Å²) in [5.74, 6) is 0.451. The van der Waals surface area contributed by atoms with Crippen molar-refractivity contribution in [3.8, 4) is 0 Å². The lowest BCUT2D eigenvalue weighted by Gasteiger charge is -2.42. The van der Waals surface area contributed by atoms with Gasteiger partial charge in [0.2, 0.25) is 0 Å². The van der Waals surface area contributed by atoms with E-state index in [1.165, 1.54) is 5.56 Å². The van der Waals surface area contributed by atoms with Crippen molar-refractivity contribution in [3.63, 3.8) is 0 Å². The third-order valence-corrected chi connectivity index (χ3v) is 5.25. The summed E-state index contributed by atoms with van der Waals surface area (Å²) in [6.07, 6.45) is 2.60. The fourth-order valence-electron chi connectivity index (χ4n) is 3.54. The molecule has 156 valence electrons. The van der Waals surface area contributed by atoms with Crippen molar-refractivity contribution in [2.24, 2.45) is 10.7 Å². The van der Waals surface area contributed by atoms with E-state index in [9.17, 15) is 0 Å². The second-order valence-corrected chi connectivity index (χ2v) is 8.31. The Labute approximate surface area is 178 Å². The highest BCUT2D eigenvalue weighted by Crippen LogP contribution is 2.28. The van der Waals surface area contributed by atoms with Crippen molar-refractivity contribution in [2.45, 2.75) is 31.9 Å². The van der Waals surface area contributed by atoms with Crippen LogP contribution in [0.4, 0.5) is 0 Å². The molecule has 1 unspecified atom stereocenters. The number of aromatic nitrogens is 1. The van der Waals surface area contributed by atoms with Crippen LogP contribution < -0.4 is 11.1 Å². The van der Waals surface area contributed by atoms with Crippen LogP contribution in [0.25, 0.3) is 0 Å². The van der Waals surface area contributed by atoms with Crippen molar-refractivity contribution >= 4 is 17.6 Å². The van der Waals surface area contributed by atoms with Crippen molar-refractivity contribution in [1.82, 2.24) is 15.2 Å². The van der Waals surface area contributed by atoms with Crippen molar-refractivity contribution in [1.29, 1.82) is 0 Å². The van der Waals surface area contributed by atoms with Crippen LogP contribution in [0.15, 0.2) is 53.7 Å². The first kappa shape index (κ1) is 21.6. The molecule has 7 heteroatoms. The Morgan fingerprint density at radius 3 is 2.79 bits per heavy atom. The Morgan fingerprint density at radius 2 is 2.10 bits per heavy atom. The van der Waals surface area contributed by atoms with Crippen molar-refractivity contribution in [3.05, 3.63) is 64.9 Å². The minimum absolute atomic E-state index is 0.117. The van der Waals surface area contributed by atoms with Crippen LogP contribution in [0.5, 0.6) is 0 Å². The Kier molecular flexibility index (Phi) is 7.47. The quantitative estimate of drug-likeness (QED) is 0.537. The van der Waals surface area contributed by atoms with Gasteiger partial charge in [0, 0.05) is 43.0 Å². The number of pyridine rings is 1. The molecule has 29 heavy (non-hydrogen) atoms. The van der Waals surface area contributed by atoms with E-state index in [0.717, 1.165) is 30.2 Å². The molecule has 1 aliphatic heterocycles. The molecule has 0 amide bonds. The molecular weight excluding hydrogens is 386 g/mol. The topological polar surface area (TPSA) is 75.8 Å². The molecule has 6 nitrogen and oxygen atoms in total. The number of halogens is 1. The number of morpholine rings is 1. The summed E-state index contributed by atoms with van der Waals surface area (Å²) in [6, 6.07) is 14.0. The van der Waals surface area contributed by atoms with Crippen LogP contribution in [-0.4, -0.2) is 54.2 Å². The SMILES string of the molecule is CC1(C)CN(C(CN=C(N)NCCc2ccccn2)c2ccc(Cl)cc2)CCO1. The number of hydrogen-bond donors (Lipinski definition) is 2. The molecule has 0 aliphatic carbocycles. The molecule has 1 aromatic carbocycles. The summed E-state index contributed by atoms with van der Waals surface area (Å²) >= 11 is 6.09. The zero-order chi connectivity index (χ0) is 20.7. The average molecular weight is 416 g/mol. The molecule has 0 spiro atoms. The Balaban J connectivity index is 1.64. The van der Waals surface area contributed by atoms with Gasteiger partial charge < -0.3 is 15.8 Å². The molecule has 2 heterocycles. The van der Waals surface area contributed by atoms with E-state index < -0.39 is 0 Å². The Bertz CT molecular complexity index is 795. The lowest BCUT2D eigenvalue weighted by atomic mass is 10.0. The zero-order valence-electron chi connectivity index (χ0n) is 17.1. The van der Waals surface area contributed by atoms with Crippen molar-refractivity contribution in [2.75, 3.05) is 32.8 Å². The number of ether oxygens (including phenoxy) is 1. The maximum atomic E-state index is 6.13. The van der Waals surface area contributed by atoms with Gasteiger partial charge in [-0.05, 0) is 43.7 Å². The third kappa shape index (κ3) is 6.70. The molecule has 2 aromatic rings. The van der Waals surface area contributed by atoms with E-state index in [1.807, 2.05) is 30.3 Å². The molecule has 0 saturated carbocycles. The highest BCUT2D eigenvalue weighted by Gasteiger charge is 2.32. The van der Waals surface area contributed by atoms with E-state index in [1.54, 1.807) is 6.20 Å². The fourth-order valence-corrected chi connectivity index (χ4v) is 3.67. The number of aliphatic imine (C=N–C) groups is 1. The maximum Gasteiger partial charge on any atom is 0.188 e. The van der Waals surface area contributed by atoms with Gasteiger partial charge in [-0.25, -0.2) is 0 Å². The highest BCUT2D eigenvalue weighted by atomic mass is 35.5. The van der Waals surface area contributed by atoms with Gasteiger partial charge in [0.15, 0.2) is 5.96 Å². The first-order valence-electron chi connectivity index (χ1n) is 10.0. The van der Waals surface area contributed by atoms with Crippen LogP contribution in [0.3, 0.4) is 0 Å². The lowest BCUT2D eigenvalue weighted by Crippen LogP contribution is -2.50. The summed E-state index contributed by atoms with van der Waals surface area (Å²) in [5, 5.41) is 3.92. The van der Waals surface area contributed by atoms with E-state index in [0.29, 0.717) is 25.7 Å². The summed E-state index contributed by atoms with van der Waals surface area (Å²) in [7, 11) is 0. The minimum Gasteiger partial charge on any atom is -0.373 e. The molecule has 1 aromatic heterocycles. The Hall–Kier alpha value is -2.15. The average Bonchev–Trinajstić information content (AvgIpc) is 2.69. The summed E-state index contributed by atoms with van der Waals surface area (Å²) < 4.78 is 5.88. The molecule has 1 saturated heterocycles. The number of nitrogens with one attached hydrogen (secondary N) is 1. The first-order chi connectivity index (χ1) is 13.9. The van der Waals surface area contributed by atoms with Gasteiger partial charge in [0.25, 0.3) is 0 Å². The van der Waals surface area contributed by atoms with Crippen LogP contribution in [0.2, 0.25) is 5.02 Å². The van der Waals surface area contributed by atoms with Gasteiger partial charge in [0.05, 0.1) is 24.8 Å². The smallest absolute Gasteiger partial charge is 0.188 e. The number of guanidine groups is 1. The molecular formula is C22H30ClN5O. The van der Waals surface area contributed by atoms with Crippen LogP contribution >= 0.6 is 11.6 Å². The molecule has 1 atom stereocenters. The number of hydrogen-bond acceptors (Lipinski definition) is 4. The van der Waals surface area contributed by atoms with Crippen LogP contribution in [0, 0.1) is 0 Å². The van der Waals surface area contributed by atoms with Gasteiger partial charge in [-0.1, -0.05) is 29.8 Å². The second-order valence-electron chi connectivity index (χ2n) is 7.87. The minimum atomic E-state index is -0.181. The van der Waals surface area contributed by atoms with Gasteiger partial charge in [-0.2, -0.15) is 0 Å². The Morgan fingerprint density at radius 1 is 1.31 bits per heavy atom. The first-order valence-corrected chi connectivity index (χ1v) is 10.4. The van der Waals surface area contributed by atoms with Gasteiger partial charge in [-0.15, -0.1) is 0 Å². The predicted octanol–water partition coefficient (Wildman–Crippen LogP) is 3.03. The number of rotatable bonds is 7. The van der Waals surface area contributed by atoms with E-state index >= 15 is 0 Å². The van der Waals surface area contributed by atoms with E-state index in [4.69, 9.17) is 22.1 Å². The van der Waals surface area contributed by atoms with E-state index in [2.05, 4.69) is 46.2 Å². The summed E-state index contributed by atoms with van der Waals surface area (Å²) in [4.78, 5) is 11.4.